The van der Waals surface area contributed by atoms with E-state index in [1.54, 1.807) is 0 Å². The van der Waals surface area contributed by atoms with Crippen LogP contribution in [0.4, 0.5) is 9.18 Å². The van der Waals surface area contributed by atoms with Crippen molar-refractivity contribution in [3.05, 3.63) is 73.8 Å². The molecule has 1 heterocycles. The van der Waals surface area contributed by atoms with Crippen LogP contribution in [0.15, 0.2) is 39.5 Å². The van der Waals surface area contributed by atoms with Gasteiger partial charge in [0.05, 0.1) is 17.0 Å². The number of fused-ring (bicyclic) bond motifs is 1. The number of hydrogen-bond donors (Lipinski definition) is 1. The molecule has 0 aliphatic rings. The van der Waals surface area contributed by atoms with Gasteiger partial charge in [0, 0.05) is 39.6 Å². The van der Waals surface area contributed by atoms with Crippen molar-refractivity contribution in [1.82, 2.24) is 9.80 Å². The Morgan fingerprint density at radius 2 is 1.78 bits per heavy atom. The first kappa shape index (κ1) is 28.1. The third-order valence-corrected chi connectivity index (χ3v) is 7.09. The molecule has 3 rings (SSSR count). The number of carbonyl (C=O) groups is 2. The third-order valence-electron chi connectivity index (χ3n) is 5.63. The fourth-order valence-corrected chi connectivity index (χ4v) is 5.00. The Kier molecular flexibility index (Phi) is 7.96. The zero-order valence-corrected chi connectivity index (χ0v) is 22.2. The quantitative estimate of drug-likeness (QED) is 0.463. The number of ether oxygens (including phenoxy) is 1. The van der Waals surface area contributed by atoms with Crippen LogP contribution in [-0.4, -0.2) is 58.4 Å². The first-order valence-electron chi connectivity index (χ1n) is 10.8. The maximum Gasteiger partial charge on any atom is 0.414 e. The molecule has 3 aromatic rings. The molecule has 2 N–H and O–H groups in total. The van der Waals surface area contributed by atoms with Crippen molar-refractivity contribution in [2.24, 2.45) is 5.14 Å². The van der Waals surface area contributed by atoms with Gasteiger partial charge in [-0.1, -0.05) is 23.7 Å². The minimum absolute atomic E-state index is 0.00372. The first-order valence-corrected chi connectivity index (χ1v) is 12.8. The van der Waals surface area contributed by atoms with Crippen molar-refractivity contribution in [2.75, 3.05) is 28.2 Å². The Morgan fingerprint density at radius 1 is 1.14 bits per heavy atom. The molecule has 2 aromatic carbocycles. The van der Waals surface area contributed by atoms with Crippen LogP contribution in [0.2, 0.25) is 5.02 Å². The standard InChI is InChI=1S/C24H25ClFN3O7S/c1-12-15-10-16(25)19(36-24(32)29(4)5)11-18(15)35-23(31)21(12)22(37(27,33)34)13-6-7-17(26)14(8-13)9-20(30)28(2)3/h6-8,10-11,22H,9H2,1-5H3,(H2,27,33,34). The summed E-state index contributed by atoms with van der Waals surface area (Å²) in [5, 5.41) is 4.08. The van der Waals surface area contributed by atoms with Gasteiger partial charge in [0.1, 0.15) is 16.7 Å². The minimum atomic E-state index is -4.49. The topological polar surface area (TPSA) is 140 Å². The van der Waals surface area contributed by atoms with E-state index in [1.165, 1.54) is 69.2 Å². The number of benzene rings is 2. The fraction of sp³-hybridized carbons (Fsp3) is 0.292. The predicted molar refractivity (Wildman–Crippen MR) is 136 cm³/mol. The molecular formula is C24H25ClFN3O7S. The summed E-state index contributed by atoms with van der Waals surface area (Å²) in [4.78, 5) is 39.6. The van der Waals surface area contributed by atoms with Crippen LogP contribution in [0.5, 0.6) is 5.75 Å². The van der Waals surface area contributed by atoms with Crippen molar-refractivity contribution in [2.45, 2.75) is 18.6 Å². The zero-order chi connectivity index (χ0) is 27.8. The molecule has 0 bridgehead atoms. The molecule has 0 aliphatic carbocycles. The maximum absolute atomic E-state index is 14.5. The lowest BCUT2D eigenvalue weighted by Crippen LogP contribution is -2.28. The summed E-state index contributed by atoms with van der Waals surface area (Å²) >= 11 is 6.28. The largest absolute Gasteiger partial charge is 0.422 e. The molecule has 37 heavy (non-hydrogen) atoms. The van der Waals surface area contributed by atoms with Crippen LogP contribution < -0.4 is 15.5 Å². The van der Waals surface area contributed by atoms with E-state index in [4.69, 9.17) is 25.9 Å². The van der Waals surface area contributed by atoms with E-state index in [1.807, 2.05) is 0 Å². The first-order chi connectivity index (χ1) is 17.1. The Morgan fingerprint density at radius 3 is 2.35 bits per heavy atom. The Balaban J connectivity index is 2.22. The predicted octanol–water partition coefficient (Wildman–Crippen LogP) is 2.96. The highest BCUT2D eigenvalue weighted by molar-refractivity contribution is 7.89. The van der Waals surface area contributed by atoms with Crippen LogP contribution >= 0.6 is 11.6 Å². The van der Waals surface area contributed by atoms with Crippen molar-refractivity contribution in [3.8, 4) is 5.75 Å². The summed E-state index contributed by atoms with van der Waals surface area (Å²) in [6.07, 6.45) is -1.05. The minimum Gasteiger partial charge on any atom is -0.422 e. The van der Waals surface area contributed by atoms with Gasteiger partial charge in [-0.15, -0.1) is 0 Å². The maximum atomic E-state index is 14.5. The lowest BCUT2D eigenvalue weighted by molar-refractivity contribution is -0.128. The van der Waals surface area contributed by atoms with Gasteiger partial charge < -0.3 is 19.0 Å². The SMILES string of the molecule is Cc1c(C(c2ccc(F)c(CC(=O)N(C)C)c2)S(N)(=O)=O)c(=O)oc2cc(OC(=O)N(C)C)c(Cl)cc12. The molecule has 0 saturated heterocycles. The molecule has 2 amide bonds. The van der Waals surface area contributed by atoms with Crippen LogP contribution in [0.1, 0.15) is 27.5 Å². The summed E-state index contributed by atoms with van der Waals surface area (Å²) in [5.41, 5.74) is -1.24. The molecule has 1 unspecified atom stereocenters. The van der Waals surface area contributed by atoms with Gasteiger partial charge in [0.2, 0.25) is 15.9 Å². The molecule has 0 fully saturated rings. The second-order valence-corrected chi connectivity index (χ2v) is 10.8. The molecule has 0 saturated carbocycles. The molecule has 0 radical (unpaired) electrons. The number of primary sulfonamides is 1. The number of carbonyl (C=O) groups excluding carboxylic acids is 2. The summed E-state index contributed by atoms with van der Waals surface area (Å²) in [7, 11) is 1.45. The van der Waals surface area contributed by atoms with Crippen LogP contribution in [0, 0.1) is 12.7 Å². The fourth-order valence-electron chi connectivity index (χ4n) is 3.67. The lowest BCUT2D eigenvalue weighted by atomic mass is 9.97. The van der Waals surface area contributed by atoms with Crippen LogP contribution in [-0.2, 0) is 21.2 Å². The van der Waals surface area contributed by atoms with Crippen molar-refractivity contribution in [1.29, 1.82) is 0 Å². The number of nitrogens with two attached hydrogens (primary N) is 1. The highest BCUT2D eigenvalue weighted by Gasteiger charge is 2.33. The number of hydrogen-bond acceptors (Lipinski definition) is 7. The highest BCUT2D eigenvalue weighted by atomic mass is 35.5. The van der Waals surface area contributed by atoms with Crippen LogP contribution in [0.3, 0.4) is 0 Å². The van der Waals surface area contributed by atoms with E-state index >= 15 is 0 Å². The molecular weight excluding hydrogens is 529 g/mol. The van der Waals surface area contributed by atoms with Gasteiger partial charge in [-0.2, -0.15) is 0 Å². The van der Waals surface area contributed by atoms with Gasteiger partial charge in [-0.25, -0.2) is 27.5 Å². The monoisotopic (exact) mass is 553 g/mol. The number of nitrogens with zero attached hydrogens (tertiary/aromatic N) is 2. The van der Waals surface area contributed by atoms with Gasteiger partial charge in [-0.05, 0) is 35.7 Å². The van der Waals surface area contributed by atoms with E-state index in [0.717, 1.165) is 6.07 Å². The van der Waals surface area contributed by atoms with Gasteiger partial charge >= 0.3 is 11.7 Å². The summed E-state index contributed by atoms with van der Waals surface area (Å²) in [6, 6.07) is 5.97. The molecule has 0 aliphatic heterocycles. The van der Waals surface area contributed by atoms with Crippen LogP contribution in [0.25, 0.3) is 11.0 Å². The normalized spacial score (nSPS) is 12.3. The van der Waals surface area contributed by atoms with Gasteiger partial charge in [-0.3, -0.25) is 4.79 Å². The number of likely N-dealkylation sites (N-methyl/N-ethyl adjacent to an activating group) is 1. The Labute approximate surface area is 217 Å². The van der Waals surface area contributed by atoms with Crippen molar-refractivity contribution in [3.63, 3.8) is 0 Å². The smallest absolute Gasteiger partial charge is 0.414 e. The average molecular weight is 554 g/mol. The molecule has 10 nitrogen and oxygen atoms in total. The summed E-state index contributed by atoms with van der Waals surface area (Å²) in [5.74, 6) is -1.20. The van der Waals surface area contributed by atoms with Crippen molar-refractivity contribution < 1.29 is 31.6 Å². The number of aryl methyl sites for hydroxylation is 1. The van der Waals surface area contributed by atoms with E-state index < -0.39 is 38.7 Å². The average Bonchev–Trinajstić information content (AvgIpc) is 2.78. The number of amides is 2. The Bertz CT molecular complexity index is 1570. The lowest BCUT2D eigenvalue weighted by Gasteiger charge is -2.19. The highest BCUT2D eigenvalue weighted by Crippen LogP contribution is 2.36. The second kappa shape index (κ2) is 10.5. The molecule has 1 aromatic heterocycles. The second-order valence-electron chi connectivity index (χ2n) is 8.75. The molecule has 13 heteroatoms. The number of halogens is 2. The van der Waals surface area contributed by atoms with Gasteiger partial charge in [0.15, 0.2) is 5.75 Å². The number of sulfonamides is 1. The molecule has 1 atom stereocenters. The van der Waals surface area contributed by atoms with E-state index in [0.29, 0.717) is 0 Å². The van der Waals surface area contributed by atoms with E-state index in [-0.39, 0.29) is 50.4 Å². The van der Waals surface area contributed by atoms with E-state index in [2.05, 4.69) is 0 Å². The molecule has 198 valence electrons. The summed E-state index contributed by atoms with van der Waals surface area (Å²) in [6.45, 7) is 1.48. The summed E-state index contributed by atoms with van der Waals surface area (Å²) < 4.78 is 50.5. The Hall–Kier alpha value is -3.48. The van der Waals surface area contributed by atoms with E-state index in [9.17, 15) is 27.2 Å². The molecule has 0 spiro atoms. The van der Waals surface area contributed by atoms with Crippen molar-refractivity contribution >= 4 is 44.6 Å². The number of rotatable bonds is 6. The zero-order valence-electron chi connectivity index (χ0n) is 20.7. The van der Waals surface area contributed by atoms with Gasteiger partial charge in [0.25, 0.3) is 0 Å². The third kappa shape index (κ3) is 5.92.